The number of carboxylic acids is 1. The van der Waals surface area contributed by atoms with E-state index in [1.165, 1.54) is 12.1 Å². The van der Waals surface area contributed by atoms with E-state index in [1.807, 2.05) is 31.2 Å². The molecule has 0 saturated heterocycles. The van der Waals surface area contributed by atoms with E-state index < -0.39 is 11.5 Å². The van der Waals surface area contributed by atoms with Gasteiger partial charge in [-0.25, -0.2) is 9.18 Å². The van der Waals surface area contributed by atoms with Crippen molar-refractivity contribution in [3.63, 3.8) is 0 Å². The lowest BCUT2D eigenvalue weighted by Crippen LogP contribution is -2.45. The second kappa shape index (κ2) is 5.95. The van der Waals surface area contributed by atoms with Crippen LogP contribution in [0.4, 0.5) is 10.1 Å². The Morgan fingerprint density at radius 1 is 1.24 bits per heavy atom. The third-order valence-electron chi connectivity index (χ3n) is 3.39. The molecule has 0 aliphatic carbocycles. The summed E-state index contributed by atoms with van der Waals surface area (Å²) in [5.74, 6) is -1.34. The number of rotatable bonds is 5. The number of aryl methyl sites for hydroxylation is 1. The van der Waals surface area contributed by atoms with Gasteiger partial charge in [0.15, 0.2) is 0 Å². The summed E-state index contributed by atoms with van der Waals surface area (Å²) in [4.78, 5) is 11.6. The first-order valence-corrected chi connectivity index (χ1v) is 6.72. The quantitative estimate of drug-likeness (QED) is 0.883. The SMILES string of the molecule is Cc1ccc(NC(C)(Cc2cccc(F)c2)C(=O)O)cc1. The summed E-state index contributed by atoms with van der Waals surface area (Å²) in [5.41, 5.74) is 1.26. The molecule has 4 heteroatoms. The Hall–Kier alpha value is -2.36. The van der Waals surface area contributed by atoms with Crippen LogP contribution < -0.4 is 5.32 Å². The number of carbonyl (C=O) groups is 1. The molecule has 0 spiro atoms. The number of hydrogen-bond donors (Lipinski definition) is 2. The maximum Gasteiger partial charge on any atom is 0.329 e. The normalized spacial score (nSPS) is 13.5. The number of anilines is 1. The van der Waals surface area contributed by atoms with Crippen LogP contribution >= 0.6 is 0 Å². The molecule has 0 heterocycles. The molecule has 0 amide bonds. The van der Waals surface area contributed by atoms with Crippen molar-refractivity contribution < 1.29 is 14.3 Å². The van der Waals surface area contributed by atoms with Gasteiger partial charge in [0.1, 0.15) is 11.4 Å². The molecule has 21 heavy (non-hydrogen) atoms. The lowest BCUT2D eigenvalue weighted by Gasteiger charge is -2.27. The maximum absolute atomic E-state index is 13.2. The summed E-state index contributed by atoms with van der Waals surface area (Å²) in [6.07, 6.45) is 0.188. The van der Waals surface area contributed by atoms with Gasteiger partial charge in [-0.15, -0.1) is 0 Å². The summed E-state index contributed by atoms with van der Waals surface area (Å²) in [6, 6.07) is 13.5. The van der Waals surface area contributed by atoms with Gasteiger partial charge >= 0.3 is 5.97 Å². The Bertz CT molecular complexity index is 639. The molecule has 2 aromatic carbocycles. The molecule has 2 N–H and O–H groups in total. The van der Waals surface area contributed by atoms with Crippen molar-refractivity contribution in [3.05, 3.63) is 65.5 Å². The highest BCUT2D eigenvalue weighted by Crippen LogP contribution is 2.21. The molecular formula is C17H18FNO2. The van der Waals surface area contributed by atoms with Crippen molar-refractivity contribution in [2.24, 2.45) is 0 Å². The van der Waals surface area contributed by atoms with E-state index in [9.17, 15) is 14.3 Å². The minimum absolute atomic E-state index is 0.188. The van der Waals surface area contributed by atoms with Gasteiger partial charge in [0.2, 0.25) is 0 Å². The molecule has 0 fully saturated rings. The topological polar surface area (TPSA) is 49.3 Å². The third kappa shape index (κ3) is 3.81. The van der Waals surface area contributed by atoms with Crippen LogP contribution in [0.25, 0.3) is 0 Å². The van der Waals surface area contributed by atoms with E-state index in [1.54, 1.807) is 19.1 Å². The van der Waals surface area contributed by atoms with E-state index in [0.29, 0.717) is 5.56 Å². The van der Waals surface area contributed by atoms with E-state index in [2.05, 4.69) is 5.32 Å². The largest absolute Gasteiger partial charge is 0.480 e. The number of aliphatic carboxylic acids is 1. The summed E-state index contributed by atoms with van der Waals surface area (Å²) in [7, 11) is 0. The van der Waals surface area contributed by atoms with Crippen LogP contribution in [0.1, 0.15) is 18.1 Å². The maximum atomic E-state index is 13.2. The van der Waals surface area contributed by atoms with Crippen LogP contribution in [-0.4, -0.2) is 16.6 Å². The van der Waals surface area contributed by atoms with E-state index in [0.717, 1.165) is 11.3 Å². The fourth-order valence-electron chi connectivity index (χ4n) is 2.18. The molecule has 0 aromatic heterocycles. The lowest BCUT2D eigenvalue weighted by atomic mass is 9.92. The Morgan fingerprint density at radius 2 is 1.90 bits per heavy atom. The Morgan fingerprint density at radius 3 is 2.48 bits per heavy atom. The fraction of sp³-hybridized carbons (Fsp3) is 0.235. The zero-order valence-corrected chi connectivity index (χ0v) is 12.1. The van der Waals surface area contributed by atoms with Gasteiger partial charge in [-0.05, 0) is 43.7 Å². The fourth-order valence-corrected chi connectivity index (χ4v) is 2.18. The van der Waals surface area contributed by atoms with Crippen LogP contribution in [0.3, 0.4) is 0 Å². The Balaban J connectivity index is 2.23. The molecule has 0 saturated carbocycles. The zero-order valence-electron chi connectivity index (χ0n) is 12.1. The number of nitrogens with one attached hydrogen (secondary N) is 1. The van der Waals surface area contributed by atoms with Crippen LogP contribution in [0, 0.1) is 12.7 Å². The smallest absolute Gasteiger partial charge is 0.329 e. The molecule has 2 rings (SSSR count). The van der Waals surface area contributed by atoms with Crippen LogP contribution in [-0.2, 0) is 11.2 Å². The average Bonchev–Trinajstić information content (AvgIpc) is 2.41. The Kier molecular flexibility index (Phi) is 4.26. The molecule has 0 aliphatic rings. The number of carboxylic acid groups (broad SMARTS) is 1. The van der Waals surface area contributed by atoms with Gasteiger partial charge < -0.3 is 10.4 Å². The predicted molar refractivity (Wildman–Crippen MR) is 80.9 cm³/mol. The molecule has 110 valence electrons. The first kappa shape index (κ1) is 15.0. The molecule has 0 aliphatic heterocycles. The third-order valence-corrected chi connectivity index (χ3v) is 3.39. The first-order chi connectivity index (χ1) is 9.89. The molecule has 0 bridgehead atoms. The van der Waals surface area contributed by atoms with Gasteiger partial charge in [0, 0.05) is 12.1 Å². The van der Waals surface area contributed by atoms with Crippen molar-refractivity contribution >= 4 is 11.7 Å². The van der Waals surface area contributed by atoms with Crippen molar-refractivity contribution in [2.75, 3.05) is 5.32 Å². The number of hydrogen-bond acceptors (Lipinski definition) is 2. The second-order valence-electron chi connectivity index (χ2n) is 5.43. The second-order valence-corrected chi connectivity index (χ2v) is 5.43. The molecular weight excluding hydrogens is 269 g/mol. The standard InChI is InChI=1S/C17H18FNO2/c1-12-6-8-15(9-7-12)19-17(2,16(20)21)11-13-4-3-5-14(18)10-13/h3-10,19H,11H2,1-2H3,(H,20,21). The van der Waals surface area contributed by atoms with Crippen LogP contribution in [0.2, 0.25) is 0 Å². The zero-order chi connectivity index (χ0) is 15.5. The monoisotopic (exact) mass is 287 g/mol. The summed E-state index contributed by atoms with van der Waals surface area (Å²) in [6.45, 7) is 3.56. The summed E-state index contributed by atoms with van der Waals surface area (Å²) >= 11 is 0. The van der Waals surface area contributed by atoms with Gasteiger partial charge in [-0.2, -0.15) is 0 Å². The van der Waals surface area contributed by atoms with Gasteiger partial charge in [0.25, 0.3) is 0 Å². The molecule has 0 radical (unpaired) electrons. The van der Waals surface area contributed by atoms with Crippen molar-refractivity contribution in [1.82, 2.24) is 0 Å². The van der Waals surface area contributed by atoms with E-state index >= 15 is 0 Å². The minimum Gasteiger partial charge on any atom is -0.480 e. The highest BCUT2D eigenvalue weighted by Gasteiger charge is 2.33. The highest BCUT2D eigenvalue weighted by atomic mass is 19.1. The van der Waals surface area contributed by atoms with E-state index in [-0.39, 0.29) is 12.2 Å². The highest BCUT2D eigenvalue weighted by molar-refractivity contribution is 5.82. The van der Waals surface area contributed by atoms with Crippen molar-refractivity contribution in [3.8, 4) is 0 Å². The number of halogens is 1. The molecule has 1 atom stereocenters. The van der Waals surface area contributed by atoms with Crippen molar-refractivity contribution in [1.29, 1.82) is 0 Å². The first-order valence-electron chi connectivity index (χ1n) is 6.72. The molecule has 3 nitrogen and oxygen atoms in total. The van der Waals surface area contributed by atoms with Crippen LogP contribution in [0.15, 0.2) is 48.5 Å². The van der Waals surface area contributed by atoms with E-state index in [4.69, 9.17) is 0 Å². The minimum atomic E-state index is -1.21. The lowest BCUT2D eigenvalue weighted by molar-refractivity contribution is -0.141. The van der Waals surface area contributed by atoms with Gasteiger partial charge in [0.05, 0.1) is 0 Å². The molecule has 1 unspecified atom stereocenters. The van der Waals surface area contributed by atoms with Crippen molar-refractivity contribution in [2.45, 2.75) is 25.8 Å². The number of benzene rings is 2. The summed E-state index contributed by atoms with van der Waals surface area (Å²) < 4.78 is 13.2. The average molecular weight is 287 g/mol. The predicted octanol–water partition coefficient (Wildman–Crippen LogP) is 3.63. The summed E-state index contributed by atoms with van der Waals surface area (Å²) in [5, 5.41) is 12.6. The Labute approximate surface area is 123 Å². The van der Waals surface area contributed by atoms with Gasteiger partial charge in [-0.1, -0.05) is 29.8 Å². The molecule has 2 aromatic rings. The van der Waals surface area contributed by atoms with Gasteiger partial charge in [-0.3, -0.25) is 0 Å². The van der Waals surface area contributed by atoms with Crippen LogP contribution in [0.5, 0.6) is 0 Å².